The normalized spacial score (nSPS) is 10.3. The van der Waals surface area contributed by atoms with Crippen molar-refractivity contribution < 1.29 is 9.21 Å². The van der Waals surface area contributed by atoms with Crippen LogP contribution in [0, 0.1) is 0 Å². The number of benzene rings is 2. The SMILES string of the molecule is CN(C=O)c1ccc(-c2nnc(-c3ccccc3)o2)cc1. The Balaban J connectivity index is 1.88. The number of hydrogen-bond acceptors (Lipinski definition) is 4. The number of hydrogen-bond donors (Lipinski definition) is 0. The van der Waals surface area contributed by atoms with Crippen molar-refractivity contribution in [1.82, 2.24) is 10.2 Å². The maximum Gasteiger partial charge on any atom is 0.248 e. The fourth-order valence-corrected chi connectivity index (χ4v) is 1.94. The van der Waals surface area contributed by atoms with Crippen LogP contribution < -0.4 is 4.90 Å². The van der Waals surface area contributed by atoms with Crippen LogP contribution in [0.1, 0.15) is 0 Å². The summed E-state index contributed by atoms with van der Waals surface area (Å²) in [6.45, 7) is 0. The average molecular weight is 279 g/mol. The van der Waals surface area contributed by atoms with E-state index >= 15 is 0 Å². The lowest BCUT2D eigenvalue weighted by atomic mass is 10.2. The molecule has 3 rings (SSSR count). The molecule has 0 saturated carbocycles. The maximum atomic E-state index is 10.7. The van der Waals surface area contributed by atoms with Crippen LogP contribution in [0.15, 0.2) is 59.0 Å². The molecule has 104 valence electrons. The van der Waals surface area contributed by atoms with Crippen molar-refractivity contribution in [2.24, 2.45) is 0 Å². The number of rotatable bonds is 4. The highest BCUT2D eigenvalue weighted by Gasteiger charge is 2.10. The molecule has 0 unspecified atom stereocenters. The molecule has 1 amide bonds. The minimum absolute atomic E-state index is 0.453. The van der Waals surface area contributed by atoms with Crippen molar-refractivity contribution in [2.45, 2.75) is 0 Å². The van der Waals surface area contributed by atoms with Gasteiger partial charge < -0.3 is 9.32 Å². The number of carbonyl (C=O) groups is 1. The molecule has 0 spiro atoms. The molecule has 0 aliphatic carbocycles. The van der Waals surface area contributed by atoms with Gasteiger partial charge in [-0.2, -0.15) is 0 Å². The van der Waals surface area contributed by atoms with Crippen LogP contribution in [-0.2, 0) is 4.79 Å². The summed E-state index contributed by atoms with van der Waals surface area (Å²) < 4.78 is 5.68. The van der Waals surface area contributed by atoms with Gasteiger partial charge in [0.05, 0.1) is 0 Å². The van der Waals surface area contributed by atoms with E-state index in [2.05, 4.69) is 10.2 Å². The van der Waals surface area contributed by atoms with Crippen molar-refractivity contribution in [1.29, 1.82) is 0 Å². The first kappa shape index (κ1) is 13.1. The van der Waals surface area contributed by atoms with E-state index in [1.165, 1.54) is 4.90 Å². The Hall–Kier alpha value is -2.95. The zero-order valence-corrected chi connectivity index (χ0v) is 11.4. The number of amides is 1. The molecule has 2 aromatic carbocycles. The third kappa shape index (κ3) is 2.67. The minimum atomic E-state index is 0.453. The van der Waals surface area contributed by atoms with E-state index in [9.17, 15) is 4.79 Å². The molecule has 3 aromatic rings. The smallest absolute Gasteiger partial charge is 0.248 e. The summed E-state index contributed by atoms with van der Waals surface area (Å²) in [4.78, 5) is 12.2. The summed E-state index contributed by atoms with van der Waals surface area (Å²) >= 11 is 0. The molecule has 5 heteroatoms. The van der Waals surface area contributed by atoms with Crippen LogP contribution >= 0.6 is 0 Å². The van der Waals surface area contributed by atoms with Crippen LogP contribution in [0.3, 0.4) is 0 Å². The molecule has 1 heterocycles. The van der Waals surface area contributed by atoms with E-state index in [0.717, 1.165) is 23.2 Å². The molecular formula is C16H13N3O2. The second-order valence-corrected chi connectivity index (χ2v) is 4.54. The Bertz CT molecular complexity index is 736. The summed E-state index contributed by atoms with van der Waals surface area (Å²) in [6.07, 6.45) is 0.759. The van der Waals surface area contributed by atoms with E-state index in [0.29, 0.717) is 11.8 Å². The summed E-state index contributed by atoms with van der Waals surface area (Å²) in [5.41, 5.74) is 2.50. The summed E-state index contributed by atoms with van der Waals surface area (Å²) in [7, 11) is 1.70. The molecule has 1 aromatic heterocycles. The zero-order valence-electron chi connectivity index (χ0n) is 11.4. The van der Waals surface area contributed by atoms with Gasteiger partial charge in [0.25, 0.3) is 0 Å². The van der Waals surface area contributed by atoms with E-state index in [1.54, 1.807) is 7.05 Å². The first-order valence-corrected chi connectivity index (χ1v) is 6.45. The van der Waals surface area contributed by atoms with Gasteiger partial charge >= 0.3 is 0 Å². The van der Waals surface area contributed by atoms with Gasteiger partial charge in [0.15, 0.2) is 0 Å². The largest absolute Gasteiger partial charge is 0.416 e. The monoisotopic (exact) mass is 279 g/mol. The van der Waals surface area contributed by atoms with Gasteiger partial charge in [-0.05, 0) is 36.4 Å². The highest BCUT2D eigenvalue weighted by atomic mass is 16.4. The second kappa shape index (κ2) is 5.58. The third-order valence-electron chi connectivity index (χ3n) is 3.13. The van der Waals surface area contributed by atoms with Crippen molar-refractivity contribution in [3.05, 3.63) is 54.6 Å². The number of aromatic nitrogens is 2. The Kier molecular flexibility index (Phi) is 3.47. The number of nitrogens with zero attached hydrogens (tertiary/aromatic N) is 3. The lowest BCUT2D eigenvalue weighted by Crippen LogP contribution is -2.13. The second-order valence-electron chi connectivity index (χ2n) is 4.54. The van der Waals surface area contributed by atoms with Crippen LogP contribution in [0.2, 0.25) is 0 Å². The molecule has 0 aliphatic heterocycles. The fraction of sp³-hybridized carbons (Fsp3) is 0.0625. The van der Waals surface area contributed by atoms with Crippen molar-refractivity contribution in [3.63, 3.8) is 0 Å². The first-order valence-electron chi connectivity index (χ1n) is 6.45. The van der Waals surface area contributed by atoms with Crippen LogP contribution in [0.5, 0.6) is 0 Å². The molecule has 0 saturated heterocycles. The van der Waals surface area contributed by atoms with E-state index in [-0.39, 0.29) is 0 Å². The van der Waals surface area contributed by atoms with Gasteiger partial charge in [0, 0.05) is 23.9 Å². The number of carbonyl (C=O) groups excluding carboxylic acids is 1. The molecule has 0 atom stereocenters. The highest BCUT2D eigenvalue weighted by Crippen LogP contribution is 2.25. The van der Waals surface area contributed by atoms with Gasteiger partial charge in [-0.25, -0.2) is 0 Å². The van der Waals surface area contributed by atoms with E-state index in [1.807, 2.05) is 54.6 Å². The van der Waals surface area contributed by atoms with Crippen LogP contribution in [0.4, 0.5) is 5.69 Å². The van der Waals surface area contributed by atoms with Gasteiger partial charge in [-0.1, -0.05) is 18.2 Å². The number of anilines is 1. The van der Waals surface area contributed by atoms with Gasteiger partial charge in [0.1, 0.15) is 0 Å². The van der Waals surface area contributed by atoms with E-state index in [4.69, 9.17) is 4.42 Å². The lowest BCUT2D eigenvalue weighted by Gasteiger charge is -2.09. The van der Waals surface area contributed by atoms with Gasteiger partial charge in [-0.15, -0.1) is 10.2 Å². The molecule has 0 aliphatic rings. The standard InChI is InChI=1S/C16H13N3O2/c1-19(11-20)14-9-7-13(8-10-14)16-18-17-15(21-16)12-5-3-2-4-6-12/h2-11H,1H3. The first-order chi connectivity index (χ1) is 10.3. The zero-order chi connectivity index (χ0) is 14.7. The average Bonchev–Trinajstić information content (AvgIpc) is 3.05. The molecular weight excluding hydrogens is 266 g/mol. The van der Waals surface area contributed by atoms with Crippen LogP contribution in [-0.4, -0.2) is 23.7 Å². The van der Waals surface area contributed by atoms with Gasteiger partial charge in [0.2, 0.25) is 18.2 Å². The van der Waals surface area contributed by atoms with Gasteiger partial charge in [-0.3, -0.25) is 4.79 Å². The van der Waals surface area contributed by atoms with Crippen molar-refractivity contribution >= 4 is 12.1 Å². The molecule has 0 bridgehead atoms. The molecule has 0 radical (unpaired) electrons. The fourth-order valence-electron chi connectivity index (χ4n) is 1.94. The Labute approximate surface area is 121 Å². The Morgan fingerprint density at radius 3 is 2.05 bits per heavy atom. The van der Waals surface area contributed by atoms with Crippen molar-refractivity contribution in [2.75, 3.05) is 11.9 Å². The molecule has 0 fully saturated rings. The van der Waals surface area contributed by atoms with E-state index < -0.39 is 0 Å². The maximum absolute atomic E-state index is 10.7. The molecule has 5 nitrogen and oxygen atoms in total. The summed E-state index contributed by atoms with van der Waals surface area (Å²) in [5, 5.41) is 8.11. The lowest BCUT2D eigenvalue weighted by molar-refractivity contribution is -0.107. The summed E-state index contributed by atoms with van der Waals surface area (Å²) in [5.74, 6) is 0.939. The predicted molar refractivity (Wildman–Crippen MR) is 79.6 cm³/mol. The highest BCUT2D eigenvalue weighted by molar-refractivity contribution is 5.75. The minimum Gasteiger partial charge on any atom is -0.416 e. The molecule has 0 N–H and O–H groups in total. The third-order valence-corrected chi connectivity index (χ3v) is 3.13. The predicted octanol–water partition coefficient (Wildman–Crippen LogP) is 3.00. The topological polar surface area (TPSA) is 59.2 Å². The van der Waals surface area contributed by atoms with Crippen molar-refractivity contribution in [3.8, 4) is 22.9 Å². The molecule has 21 heavy (non-hydrogen) atoms. The summed E-state index contributed by atoms with van der Waals surface area (Å²) in [6, 6.07) is 17.0. The Morgan fingerprint density at radius 1 is 0.905 bits per heavy atom. The van der Waals surface area contributed by atoms with Crippen LogP contribution in [0.25, 0.3) is 22.9 Å². The quantitative estimate of drug-likeness (QED) is 0.689. The Morgan fingerprint density at radius 2 is 1.48 bits per heavy atom.